The zero-order valence-electron chi connectivity index (χ0n) is 16.2. The Hall–Kier alpha value is -1.83. The van der Waals surface area contributed by atoms with Crippen LogP contribution < -0.4 is 0 Å². The number of halogens is 1. The summed E-state index contributed by atoms with van der Waals surface area (Å²) in [4.78, 5) is 0. The van der Waals surface area contributed by atoms with Gasteiger partial charge in [0, 0.05) is 0 Å². The van der Waals surface area contributed by atoms with Crippen molar-refractivity contribution in [1.82, 2.24) is 0 Å². The summed E-state index contributed by atoms with van der Waals surface area (Å²) in [6, 6.07) is 8.63. The molecule has 2 aliphatic rings. The van der Waals surface area contributed by atoms with Crippen molar-refractivity contribution < 1.29 is 4.39 Å². The molecule has 0 aromatic heterocycles. The number of hydrogen-bond acceptors (Lipinski definition) is 0. The Balaban J connectivity index is 1.73. The molecule has 1 aromatic carbocycles. The molecule has 0 radical (unpaired) electrons. The minimum Gasteiger partial charge on any atom is -0.246 e. The molecular weight excluding hydrogens is 318 g/mol. The van der Waals surface area contributed by atoms with Gasteiger partial charge in [0.05, 0.1) is 0 Å². The van der Waals surface area contributed by atoms with E-state index in [0.29, 0.717) is 5.92 Å². The van der Waals surface area contributed by atoms with Gasteiger partial charge in [-0.3, -0.25) is 0 Å². The normalized spacial score (nSPS) is 19.9. The Morgan fingerprint density at radius 3 is 2.38 bits per heavy atom. The molecular formula is C24H30BF. The van der Waals surface area contributed by atoms with Gasteiger partial charge in [-0.15, -0.1) is 5.47 Å². The van der Waals surface area contributed by atoms with E-state index < -0.39 is 6.67 Å². The first-order chi connectivity index (χ1) is 12.7. The summed E-state index contributed by atoms with van der Waals surface area (Å²) in [7, 11) is 2.17. The average Bonchev–Trinajstić information content (AvgIpc) is 2.70. The minimum atomic E-state index is -0.426. The quantitative estimate of drug-likeness (QED) is 0.434. The number of hydrogen-bond donors (Lipinski definition) is 0. The lowest BCUT2D eigenvalue weighted by atomic mass is 9.83. The lowest BCUT2D eigenvalue weighted by Crippen LogP contribution is -2.04. The van der Waals surface area contributed by atoms with Gasteiger partial charge >= 0.3 is 0 Å². The van der Waals surface area contributed by atoms with Crippen molar-refractivity contribution in [2.75, 3.05) is 6.67 Å². The Kier molecular flexibility index (Phi) is 6.71. The third kappa shape index (κ3) is 4.87. The molecule has 3 rings (SSSR count). The first-order valence-electron chi connectivity index (χ1n) is 10.1. The Labute approximate surface area is 159 Å². The van der Waals surface area contributed by atoms with E-state index in [0.717, 1.165) is 24.0 Å². The summed E-state index contributed by atoms with van der Waals surface area (Å²) in [6.45, 7) is 1.70. The van der Waals surface area contributed by atoms with Crippen LogP contribution in [0.2, 0.25) is 0 Å². The number of benzene rings is 1. The van der Waals surface area contributed by atoms with E-state index in [1.807, 2.05) is 6.08 Å². The van der Waals surface area contributed by atoms with E-state index in [1.54, 1.807) is 0 Å². The van der Waals surface area contributed by atoms with Crippen molar-refractivity contribution in [3.63, 3.8) is 0 Å². The lowest BCUT2D eigenvalue weighted by Gasteiger charge is -2.22. The van der Waals surface area contributed by atoms with Crippen LogP contribution in [0.4, 0.5) is 4.39 Å². The number of alkyl halides is 1. The van der Waals surface area contributed by atoms with Gasteiger partial charge in [0.1, 0.15) is 14.5 Å². The van der Waals surface area contributed by atoms with Crippen LogP contribution in [0, 0.1) is 0 Å². The molecule has 0 aliphatic heterocycles. The maximum atomic E-state index is 13.6. The highest BCUT2D eigenvalue weighted by Gasteiger charge is 2.15. The molecule has 0 heterocycles. The second-order valence-corrected chi connectivity index (χ2v) is 7.84. The molecule has 0 amide bonds. The van der Waals surface area contributed by atoms with Crippen molar-refractivity contribution in [3.8, 4) is 0 Å². The highest BCUT2D eigenvalue weighted by atomic mass is 19.1. The fraction of sp³-hybridized carbons (Fsp3) is 0.417. The zero-order chi connectivity index (χ0) is 18.4. The SMILES string of the molecule is BC1=CC=C(/C(C)=C/C=C(\CF)c2ccc(C3CCCCC3)cc2)CC1. The Bertz CT molecular complexity index is 728. The Morgan fingerprint density at radius 1 is 1.04 bits per heavy atom. The van der Waals surface area contributed by atoms with Gasteiger partial charge in [-0.25, -0.2) is 4.39 Å². The smallest absolute Gasteiger partial charge is 0.133 e. The molecule has 1 aromatic rings. The molecule has 26 heavy (non-hydrogen) atoms. The highest BCUT2D eigenvalue weighted by Crippen LogP contribution is 2.33. The first-order valence-corrected chi connectivity index (χ1v) is 10.1. The molecule has 2 aliphatic carbocycles. The van der Waals surface area contributed by atoms with Gasteiger partial charge in [-0.05, 0) is 66.4 Å². The van der Waals surface area contributed by atoms with Gasteiger partial charge in [-0.1, -0.05) is 67.8 Å². The second-order valence-electron chi connectivity index (χ2n) is 7.84. The third-order valence-corrected chi connectivity index (χ3v) is 5.90. The van der Waals surface area contributed by atoms with Crippen molar-refractivity contribution in [2.45, 2.75) is 57.8 Å². The van der Waals surface area contributed by atoms with Crippen molar-refractivity contribution >= 4 is 13.4 Å². The van der Waals surface area contributed by atoms with E-state index in [1.165, 1.54) is 54.3 Å². The summed E-state index contributed by atoms with van der Waals surface area (Å²) >= 11 is 0. The zero-order valence-corrected chi connectivity index (χ0v) is 16.2. The van der Waals surface area contributed by atoms with E-state index in [4.69, 9.17) is 0 Å². The lowest BCUT2D eigenvalue weighted by molar-refractivity contribution is 0.443. The molecule has 0 atom stereocenters. The molecule has 136 valence electrons. The molecule has 0 bridgehead atoms. The summed E-state index contributed by atoms with van der Waals surface area (Å²) in [6.07, 6.45) is 17.3. The molecule has 1 saturated carbocycles. The summed E-state index contributed by atoms with van der Waals surface area (Å²) in [5, 5.41) is 0. The Morgan fingerprint density at radius 2 is 1.77 bits per heavy atom. The molecule has 0 unspecified atom stereocenters. The fourth-order valence-corrected chi connectivity index (χ4v) is 4.03. The van der Waals surface area contributed by atoms with Crippen LogP contribution in [0.5, 0.6) is 0 Å². The standard InChI is InChI=1S/C24H30BF/c1-18(19-13-15-24(25)16-14-19)7-8-23(17-26)22-11-9-21(10-12-22)20-5-3-2-4-6-20/h7-13,15,20H,2-6,14,16-17,25H2,1H3/b18-7+,23-8+. The van der Waals surface area contributed by atoms with Crippen LogP contribution >= 0.6 is 0 Å². The summed E-state index contributed by atoms with van der Waals surface area (Å²) < 4.78 is 13.6. The van der Waals surface area contributed by atoms with E-state index >= 15 is 0 Å². The van der Waals surface area contributed by atoms with Crippen LogP contribution in [0.3, 0.4) is 0 Å². The van der Waals surface area contributed by atoms with Gasteiger partial charge in [0.2, 0.25) is 0 Å². The van der Waals surface area contributed by atoms with E-state index in [9.17, 15) is 4.39 Å². The fourth-order valence-electron chi connectivity index (χ4n) is 4.03. The summed E-state index contributed by atoms with van der Waals surface area (Å²) in [5.41, 5.74) is 7.22. The molecule has 0 spiro atoms. The van der Waals surface area contributed by atoms with Crippen LogP contribution in [-0.2, 0) is 0 Å². The van der Waals surface area contributed by atoms with Gasteiger partial charge in [0.15, 0.2) is 0 Å². The molecule has 0 N–H and O–H groups in total. The van der Waals surface area contributed by atoms with Crippen molar-refractivity contribution in [1.29, 1.82) is 0 Å². The summed E-state index contributed by atoms with van der Waals surface area (Å²) in [5.74, 6) is 0.701. The first kappa shape index (κ1) is 19.0. The maximum Gasteiger partial charge on any atom is 0.133 e. The largest absolute Gasteiger partial charge is 0.246 e. The van der Waals surface area contributed by atoms with Gasteiger partial charge in [0.25, 0.3) is 0 Å². The molecule has 2 heteroatoms. The van der Waals surface area contributed by atoms with Crippen LogP contribution in [0.15, 0.2) is 65.2 Å². The predicted molar refractivity (Wildman–Crippen MR) is 114 cm³/mol. The average molecular weight is 348 g/mol. The third-order valence-electron chi connectivity index (χ3n) is 5.90. The van der Waals surface area contributed by atoms with E-state index in [2.05, 4.69) is 57.3 Å². The van der Waals surface area contributed by atoms with Gasteiger partial charge in [-0.2, -0.15) is 0 Å². The second kappa shape index (κ2) is 9.21. The molecule has 0 saturated heterocycles. The number of allylic oxidation sites excluding steroid dienone is 8. The van der Waals surface area contributed by atoms with Crippen LogP contribution in [-0.4, -0.2) is 14.5 Å². The van der Waals surface area contributed by atoms with Crippen LogP contribution in [0.1, 0.15) is 68.9 Å². The minimum absolute atomic E-state index is 0.426. The highest BCUT2D eigenvalue weighted by molar-refractivity contribution is 6.21. The number of rotatable bonds is 5. The van der Waals surface area contributed by atoms with E-state index in [-0.39, 0.29) is 0 Å². The topological polar surface area (TPSA) is 0 Å². The maximum absolute atomic E-state index is 13.6. The molecule has 0 nitrogen and oxygen atoms in total. The molecule has 1 fully saturated rings. The van der Waals surface area contributed by atoms with Crippen LogP contribution in [0.25, 0.3) is 5.57 Å². The predicted octanol–water partition coefficient (Wildman–Crippen LogP) is 6.27. The van der Waals surface area contributed by atoms with Crippen molar-refractivity contribution in [3.05, 3.63) is 76.3 Å². The van der Waals surface area contributed by atoms with Gasteiger partial charge < -0.3 is 0 Å². The van der Waals surface area contributed by atoms with Crippen molar-refractivity contribution in [2.24, 2.45) is 0 Å². The monoisotopic (exact) mass is 348 g/mol.